The highest BCUT2D eigenvalue weighted by Crippen LogP contribution is 2.32. The summed E-state index contributed by atoms with van der Waals surface area (Å²) in [6.07, 6.45) is 0. The van der Waals surface area contributed by atoms with Crippen LogP contribution < -0.4 is 0 Å². The first kappa shape index (κ1) is 17.2. The molecule has 2 heterocycles. The van der Waals surface area contributed by atoms with Crippen LogP contribution in [0.5, 0.6) is 0 Å². The maximum atomic E-state index is 4.71. The molecule has 0 N–H and O–H groups in total. The van der Waals surface area contributed by atoms with E-state index in [1.54, 1.807) is 0 Å². The zero-order valence-corrected chi connectivity index (χ0v) is 16.1. The summed E-state index contributed by atoms with van der Waals surface area (Å²) in [6, 6.07) is 20.6. The van der Waals surface area contributed by atoms with Gasteiger partial charge >= 0.3 is 0 Å². The molecule has 0 radical (unpaired) electrons. The minimum atomic E-state index is 0.825. The van der Waals surface area contributed by atoms with Crippen LogP contribution in [-0.2, 0) is 0 Å². The van der Waals surface area contributed by atoms with E-state index in [0.717, 1.165) is 45.4 Å². The Morgan fingerprint density at radius 1 is 0.704 bits per heavy atom. The zero-order chi connectivity index (χ0) is 19.0. The Morgan fingerprint density at radius 2 is 1.37 bits per heavy atom. The van der Waals surface area contributed by atoms with Gasteiger partial charge in [0, 0.05) is 16.8 Å². The Balaban J connectivity index is 2.07. The van der Waals surface area contributed by atoms with Crippen LogP contribution in [0, 0.1) is 27.7 Å². The fourth-order valence-corrected chi connectivity index (χ4v) is 3.62. The van der Waals surface area contributed by atoms with Gasteiger partial charge in [0.15, 0.2) is 11.6 Å². The molecule has 2 aromatic carbocycles. The Hall–Kier alpha value is -3.27. The van der Waals surface area contributed by atoms with E-state index in [0.29, 0.717) is 0 Å². The average Bonchev–Trinajstić information content (AvgIpc) is 3.06. The third-order valence-corrected chi connectivity index (χ3v) is 4.79. The number of benzene rings is 2. The summed E-state index contributed by atoms with van der Waals surface area (Å²) in [5.41, 5.74) is 7.46. The first-order valence-corrected chi connectivity index (χ1v) is 9.08. The lowest BCUT2D eigenvalue weighted by Crippen LogP contribution is -2.07. The van der Waals surface area contributed by atoms with Crippen molar-refractivity contribution in [3.63, 3.8) is 0 Å². The maximum Gasteiger partial charge on any atom is 0.169 e. The number of aromatic nitrogens is 4. The third kappa shape index (κ3) is 3.04. The van der Waals surface area contributed by atoms with E-state index >= 15 is 0 Å². The Kier molecular flexibility index (Phi) is 4.32. The molecule has 2 aromatic heterocycles. The van der Waals surface area contributed by atoms with E-state index in [9.17, 15) is 0 Å². The van der Waals surface area contributed by atoms with E-state index < -0.39 is 0 Å². The average molecular weight is 354 g/mol. The fraction of sp³-hybridized carbons (Fsp3) is 0.174. The van der Waals surface area contributed by atoms with Gasteiger partial charge in [-0.1, -0.05) is 54.6 Å². The molecule has 0 aliphatic rings. The van der Waals surface area contributed by atoms with E-state index in [2.05, 4.69) is 58.9 Å². The van der Waals surface area contributed by atoms with Gasteiger partial charge < -0.3 is 0 Å². The van der Waals surface area contributed by atoms with Gasteiger partial charge in [0.25, 0.3) is 0 Å². The maximum absolute atomic E-state index is 4.71. The summed E-state index contributed by atoms with van der Waals surface area (Å²) in [4.78, 5) is 4.71. The van der Waals surface area contributed by atoms with Crippen molar-refractivity contribution in [2.75, 3.05) is 0 Å². The summed E-state index contributed by atoms with van der Waals surface area (Å²) in [6.45, 7) is 8.29. The minimum absolute atomic E-state index is 0.825. The monoisotopic (exact) mass is 354 g/mol. The Bertz CT molecular complexity index is 1090. The molecule has 0 spiro atoms. The summed E-state index contributed by atoms with van der Waals surface area (Å²) in [5, 5.41) is 9.16. The molecule has 0 unspecified atom stereocenters. The van der Waals surface area contributed by atoms with E-state index in [4.69, 9.17) is 4.98 Å². The molecule has 0 saturated heterocycles. The third-order valence-electron chi connectivity index (χ3n) is 4.79. The molecule has 0 saturated carbocycles. The van der Waals surface area contributed by atoms with Gasteiger partial charge in [-0.3, -0.25) is 9.55 Å². The van der Waals surface area contributed by atoms with Gasteiger partial charge in [-0.25, -0.2) is 0 Å². The van der Waals surface area contributed by atoms with Crippen molar-refractivity contribution in [2.24, 2.45) is 0 Å². The zero-order valence-electron chi connectivity index (χ0n) is 16.1. The molecule has 134 valence electrons. The van der Waals surface area contributed by atoms with Crippen LogP contribution in [-0.4, -0.2) is 19.7 Å². The minimum Gasteiger partial charge on any atom is -0.273 e. The normalized spacial score (nSPS) is 11.0. The molecular formula is C23H22N4. The Labute approximate surface area is 159 Å². The number of hydrogen-bond acceptors (Lipinski definition) is 3. The number of pyridine rings is 1. The summed E-state index contributed by atoms with van der Waals surface area (Å²) < 4.78 is 2.15. The highest BCUT2D eigenvalue weighted by molar-refractivity contribution is 5.70. The number of rotatable bonds is 3. The standard InChI is InChI=1S/C23H22N4/c1-15-10-8-9-13-20(15)23-26-25-22(19-11-6-5-7-12-19)27(23)21-16(2)14-17(3)24-18(21)4/h5-14H,1-4H3. The lowest BCUT2D eigenvalue weighted by Gasteiger charge is -2.17. The summed E-state index contributed by atoms with van der Waals surface area (Å²) in [7, 11) is 0. The van der Waals surface area contributed by atoms with E-state index in [1.165, 1.54) is 5.56 Å². The van der Waals surface area contributed by atoms with Crippen molar-refractivity contribution >= 4 is 0 Å². The predicted molar refractivity (Wildman–Crippen MR) is 109 cm³/mol. The van der Waals surface area contributed by atoms with Gasteiger partial charge in [-0.2, -0.15) is 0 Å². The van der Waals surface area contributed by atoms with Crippen molar-refractivity contribution in [2.45, 2.75) is 27.7 Å². The molecule has 0 aliphatic carbocycles. The molecule has 0 amide bonds. The predicted octanol–water partition coefficient (Wildman–Crippen LogP) is 5.23. The highest BCUT2D eigenvalue weighted by atomic mass is 15.3. The van der Waals surface area contributed by atoms with Gasteiger partial charge in [0.1, 0.15) is 0 Å². The molecule has 27 heavy (non-hydrogen) atoms. The number of aryl methyl sites for hydroxylation is 4. The lowest BCUT2D eigenvalue weighted by molar-refractivity contribution is 0.982. The lowest BCUT2D eigenvalue weighted by atomic mass is 10.1. The molecule has 0 bridgehead atoms. The second-order valence-electron chi connectivity index (χ2n) is 6.88. The van der Waals surface area contributed by atoms with Crippen molar-refractivity contribution in [3.8, 4) is 28.5 Å². The quantitative estimate of drug-likeness (QED) is 0.506. The van der Waals surface area contributed by atoms with Crippen LogP contribution in [0.15, 0.2) is 60.7 Å². The van der Waals surface area contributed by atoms with Crippen LogP contribution in [0.3, 0.4) is 0 Å². The molecular weight excluding hydrogens is 332 g/mol. The van der Waals surface area contributed by atoms with Gasteiger partial charge in [-0.15, -0.1) is 10.2 Å². The summed E-state index contributed by atoms with van der Waals surface area (Å²) in [5.74, 6) is 1.66. The fourth-order valence-electron chi connectivity index (χ4n) is 3.62. The van der Waals surface area contributed by atoms with E-state index in [-0.39, 0.29) is 0 Å². The number of nitrogens with zero attached hydrogens (tertiary/aromatic N) is 4. The highest BCUT2D eigenvalue weighted by Gasteiger charge is 2.21. The van der Waals surface area contributed by atoms with Crippen LogP contribution in [0.2, 0.25) is 0 Å². The van der Waals surface area contributed by atoms with Gasteiger partial charge in [0.2, 0.25) is 0 Å². The molecule has 4 heteroatoms. The van der Waals surface area contributed by atoms with Crippen molar-refractivity contribution in [1.29, 1.82) is 0 Å². The first-order chi connectivity index (χ1) is 13.1. The molecule has 0 fully saturated rings. The van der Waals surface area contributed by atoms with Gasteiger partial charge in [0.05, 0.1) is 11.4 Å². The molecule has 4 nitrogen and oxygen atoms in total. The van der Waals surface area contributed by atoms with E-state index in [1.807, 2.05) is 44.2 Å². The van der Waals surface area contributed by atoms with Crippen molar-refractivity contribution < 1.29 is 0 Å². The van der Waals surface area contributed by atoms with Gasteiger partial charge in [-0.05, 0) is 44.9 Å². The van der Waals surface area contributed by atoms with Crippen LogP contribution in [0.25, 0.3) is 28.5 Å². The second-order valence-corrected chi connectivity index (χ2v) is 6.88. The second kappa shape index (κ2) is 6.80. The topological polar surface area (TPSA) is 43.6 Å². The Morgan fingerprint density at radius 3 is 2.07 bits per heavy atom. The van der Waals surface area contributed by atoms with Crippen molar-refractivity contribution in [1.82, 2.24) is 19.7 Å². The molecule has 0 atom stereocenters. The SMILES string of the molecule is Cc1cc(C)c(-n2c(-c3ccccc3)nnc2-c2ccccc2C)c(C)n1. The first-order valence-electron chi connectivity index (χ1n) is 9.08. The number of hydrogen-bond donors (Lipinski definition) is 0. The molecule has 0 aliphatic heterocycles. The summed E-state index contributed by atoms with van der Waals surface area (Å²) >= 11 is 0. The molecule has 4 aromatic rings. The largest absolute Gasteiger partial charge is 0.273 e. The van der Waals surface area contributed by atoms with Crippen molar-refractivity contribution in [3.05, 3.63) is 83.2 Å². The molecule has 4 rings (SSSR count). The van der Waals surface area contributed by atoms with Crippen LogP contribution in [0.4, 0.5) is 0 Å². The van der Waals surface area contributed by atoms with Crippen LogP contribution >= 0.6 is 0 Å². The smallest absolute Gasteiger partial charge is 0.169 e. The van der Waals surface area contributed by atoms with Crippen LogP contribution in [0.1, 0.15) is 22.5 Å².